The minimum Gasteiger partial charge on any atom is -0.377 e. The van der Waals surface area contributed by atoms with Gasteiger partial charge in [0.2, 0.25) is 0 Å². The summed E-state index contributed by atoms with van der Waals surface area (Å²) in [6.07, 6.45) is 1.57. The van der Waals surface area contributed by atoms with E-state index in [4.69, 9.17) is 4.74 Å². The number of aromatic amines is 1. The predicted molar refractivity (Wildman–Crippen MR) is 62.1 cm³/mol. The number of Topliss-reactive ketones (excluding diaryl/α,β-unsaturated/α-hetero) is 1. The number of hydrogen-bond acceptors (Lipinski definition) is 3. The molecule has 1 aliphatic rings. The van der Waals surface area contributed by atoms with Gasteiger partial charge in [-0.25, -0.2) is 0 Å². The molecule has 92 valence electrons. The van der Waals surface area contributed by atoms with Crippen molar-refractivity contribution in [3.05, 3.63) is 23.5 Å². The van der Waals surface area contributed by atoms with E-state index >= 15 is 0 Å². The number of H-pyrrole nitrogens is 1. The summed E-state index contributed by atoms with van der Waals surface area (Å²) in [7, 11) is 0. The average Bonchev–Trinajstić information content (AvgIpc) is 2.78. The highest BCUT2D eigenvalue weighted by atomic mass is 16.5. The number of rotatable bonds is 2. The molecule has 17 heavy (non-hydrogen) atoms. The molecule has 0 radical (unpaired) electrons. The molecule has 0 aromatic carbocycles. The number of nitrogens with one attached hydrogen (secondary N) is 1. The van der Waals surface area contributed by atoms with Gasteiger partial charge in [0.25, 0.3) is 5.91 Å². The summed E-state index contributed by atoms with van der Waals surface area (Å²) in [5.74, 6) is -0.122. The number of aromatic nitrogens is 1. The Hall–Kier alpha value is -1.62. The van der Waals surface area contributed by atoms with Crippen molar-refractivity contribution in [1.29, 1.82) is 0 Å². The Morgan fingerprint density at radius 1 is 1.53 bits per heavy atom. The molecule has 5 heteroatoms. The molecule has 1 N–H and O–H groups in total. The third-order valence-corrected chi connectivity index (χ3v) is 2.95. The molecule has 1 fully saturated rings. The molecule has 1 aromatic rings. The summed E-state index contributed by atoms with van der Waals surface area (Å²) >= 11 is 0. The smallest absolute Gasteiger partial charge is 0.270 e. The van der Waals surface area contributed by atoms with E-state index in [1.54, 1.807) is 17.2 Å². The van der Waals surface area contributed by atoms with Crippen molar-refractivity contribution in [2.75, 3.05) is 19.8 Å². The largest absolute Gasteiger partial charge is 0.377 e. The maximum absolute atomic E-state index is 12.2. The van der Waals surface area contributed by atoms with Crippen LogP contribution in [-0.4, -0.2) is 47.4 Å². The first kappa shape index (κ1) is 11.9. The van der Waals surface area contributed by atoms with Crippen LogP contribution in [0.15, 0.2) is 12.3 Å². The zero-order valence-electron chi connectivity index (χ0n) is 10.0. The topological polar surface area (TPSA) is 62.4 Å². The van der Waals surface area contributed by atoms with Crippen LogP contribution in [0, 0.1) is 0 Å². The van der Waals surface area contributed by atoms with Crippen LogP contribution in [0.3, 0.4) is 0 Å². The lowest BCUT2D eigenvalue weighted by Gasteiger charge is -2.32. The first-order valence-electron chi connectivity index (χ1n) is 5.67. The fraction of sp³-hybridized carbons (Fsp3) is 0.500. The fourth-order valence-corrected chi connectivity index (χ4v) is 1.90. The highest BCUT2D eigenvalue weighted by Gasteiger charge is 2.25. The zero-order chi connectivity index (χ0) is 12.4. The number of ketones is 1. The highest BCUT2D eigenvalue weighted by molar-refractivity contribution is 5.99. The minimum atomic E-state index is -0.0756. The first-order valence-corrected chi connectivity index (χ1v) is 5.67. The van der Waals surface area contributed by atoms with Gasteiger partial charge in [0.15, 0.2) is 5.78 Å². The molecule has 1 aromatic heterocycles. The van der Waals surface area contributed by atoms with Gasteiger partial charge < -0.3 is 14.6 Å². The second kappa shape index (κ2) is 4.71. The molecule has 2 rings (SSSR count). The molecular formula is C12H16N2O3. The lowest BCUT2D eigenvalue weighted by Crippen LogP contribution is -2.47. The fourth-order valence-electron chi connectivity index (χ4n) is 1.90. The van der Waals surface area contributed by atoms with E-state index in [1.807, 2.05) is 6.92 Å². The molecule has 1 atom stereocenters. The summed E-state index contributed by atoms with van der Waals surface area (Å²) in [5, 5.41) is 0. The number of hydrogen-bond donors (Lipinski definition) is 1. The van der Waals surface area contributed by atoms with Crippen LogP contribution >= 0.6 is 0 Å². The van der Waals surface area contributed by atoms with Gasteiger partial charge in [0.1, 0.15) is 5.69 Å². The number of amides is 1. The Morgan fingerprint density at radius 2 is 2.29 bits per heavy atom. The molecule has 2 heterocycles. The summed E-state index contributed by atoms with van der Waals surface area (Å²) < 4.78 is 5.28. The van der Waals surface area contributed by atoms with Crippen LogP contribution in [0.2, 0.25) is 0 Å². The quantitative estimate of drug-likeness (QED) is 0.781. The number of carbonyl (C=O) groups is 2. The molecule has 0 bridgehead atoms. The third kappa shape index (κ3) is 2.39. The monoisotopic (exact) mass is 236 g/mol. The van der Waals surface area contributed by atoms with Gasteiger partial charge in [-0.05, 0) is 19.9 Å². The number of nitrogens with zero attached hydrogens (tertiary/aromatic N) is 1. The lowest BCUT2D eigenvalue weighted by atomic mass is 10.2. The van der Waals surface area contributed by atoms with Crippen LogP contribution in [-0.2, 0) is 4.74 Å². The minimum absolute atomic E-state index is 0.0460. The van der Waals surface area contributed by atoms with E-state index in [0.717, 1.165) is 0 Å². The molecule has 0 aliphatic carbocycles. The number of morpholine rings is 1. The van der Waals surface area contributed by atoms with Crippen molar-refractivity contribution >= 4 is 11.7 Å². The molecule has 1 saturated heterocycles. The summed E-state index contributed by atoms with van der Waals surface area (Å²) in [6.45, 7) is 5.15. The second-order valence-corrected chi connectivity index (χ2v) is 4.28. The van der Waals surface area contributed by atoms with Gasteiger partial charge in [0, 0.05) is 18.3 Å². The van der Waals surface area contributed by atoms with E-state index in [1.165, 1.54) is 6.92 Å². The van der Waals surface area contributed by atoms with Crippen LogP contribution in [0.4, 0.5) is 0 Å². The Balaban J connectivity index is 2.15. The maximum Gasteiger partial charge on any atom is 0.270 e. The van der Waals surface area contributed by atoms with Gasteiger partial charge in [-0.1, -0.05) is 0 Å². The summed E-state index contributed by atoms with van der Waals surface area (Å²) in [5.41, 5.74) is 0.998. The number of ether oxygens (including phenoxy) is 1. The molecule has 0 saturated carbocycles. The van der Waals surface area contributed by atoms with Gasteiger partial charge in [-0.3, -0.25) is 9.59 Å². The van der Waals surface area contributed by atoms with Crippen molar-refractivity contribution in [2.24, 2.45) is 0 Å². The van der Waals surface area contributed by atoms with Crippen molar-refractivity contribution in [2.45, 2.75) is 19.9 Å². The van der Waals surface area contributed by atoms with Crippen LogP contribution in [0.1, 0.15) is 34.7 Å². The molecular weight excluding hydrogens is 220 g/mol. The SMILES string of the molecule is CC(=O)c1c[nH]c(C(=O)N2CCOC[C@@H]2C)c1. The van der Waals surface area contributed by atoms with Crippen LogP contribution < -0.4 is 0 Å². The van der Waals surface area contributed by atoms with Gasteiger partial charge >= 0.3 is 0 Å². The standard InChI is InChI=1S/C12H16N2O3/c1-8-7-17-4-3-14(8)12(16)11-5-10(6-13-11)9(2)15/h5-6,8,13H,3-4,7H2,1-2H3/t8-/m0/s1. The van der Waals surface area contributed by atoms with E-state index in [0.29, 0.717) is 31.0 Å². The lowest BCUT2D eigenvalue weighted by molar-refractivity contribution is 0.00331. The normalized spacial score (nSPS) is 20.4. The van der Waals surface area contributed by atoms with Crippen molar-refractivity contribution in [3.63, 3.8) is 0 Å². The van der Waals surface area contributed by atoms with E-state index in [9.17, 15) is 9.59 Å². The Labute approximate surface area is 99.8 Å². The van der Waals surface area contributed by atoms with Crippen molar-refractivity contribution in [1.82, 2.24) is 9.88 Å². The molecule has 0 spiro atoms. The Kier molecular flexibility index (Phi) is 3.28. The molecule has 5 nitrogen and oxygen atoms in total. The average molecular weight is 236 g/mol. The van der Waals surface area contributed by atoms with Crippen LogP contribution in [0.25, 0.3) is 0 Å². The third-order valence-electron chi connectivity index (χ3n) is 2.95. The van der Waals surface area contributed by atoms with Crippen molar-refractivity contribution < 1.29 is 14.3 Å². The summed E-state index contributed by atoms with van der Waals surface area (Å²) in [6, 6.07) is 1.67. The predicted octanol–water partition coefficient (Wildman–Crippen LogP) is 1.08. The second-order valence-electron chi connectivity index (χ2n) is 4.28. The maximum atomic E-state index is 12.2. The molecule has 1 aliphatic heterocycles. The zero-order valence-corrected chi connectivity index (χ0v) is 10.0. The van der Waals surface area contributed by atoms with Gasteiger partial charge in [-0.2, -0.15) is 0 Å². The van der Waals surface area contributed by atoms with E-state index in [-0.39, 0.29) is 17.7 Å². The highest BCUT2D eigenvalue weighted by Crippen LogP contribution is 2.12. The molecule has 1 amide bonds. The van der Waals surface area contributed by atoms with E-state index < -0.39 is 0 Å². The summed E-state index contributed by atoms with van der Waals surface area (Å²) in [4.78, 5) is 27.9. The molecule has 0 unspecified atom stereocenters. The Bertz CT molecular complexity index is 439. The Morgan fingerprint density at radius 3 is 2.88 bits per heavy atom. The van der Waals surface area contributed by atoms with E-state index in [2.05, 4.69) is 4.98 Å². The van der Waals surface area contributed by atoms with Gasteiger partial charge in [0.05, 0.1) is 19.3 Å². The number of carbonyl (C=O) groups excluding carboxylic acids is 2. The first-order chi connectivity index (χ1) is 8.09. The van der Waals surface area contributed by atoms with Crippen molar-refractivity contribution in [3.8, 4) is 0 Å². The van der Waals surface area contributed by atoms with Gasteiger partial charge in [-0.15, -0.1) is 0 Å². The van der Waals surface area contributed by atoms with Crippen LogP contribution in [0.5, 0.6) is 0 Å².